The van der Waals surface area contributed by atoms with Gasteiger partial charge < -0.3 is 9.84 Å². The lowest BCUT2D eigenvalue weighted by Gasteiger charge is -2.13. The second-order valence-corrected chi connectivity index (χ2v) is 4.89. The molecule has 0 unspecified atom stereocenters. The van der Waals surface area contributed by atoms with E-state index in [4.69, 9.17) is 9.84 Å². The maximum absolute atomic E-state index is 10.8. The highest BCUT2D eigenvalue weighted by atomic mass is 79.9. The molecule has 0 aliphatic heterocycles. The van der Waals surface area contributed by atoms with Gasteiger partial charge in [-0.05, 0) is 17.7 Å². The van der Waals surface area contributed by atoms with Gasteiger partial charge in [0.15, 0.2) is 0 Å². The highest BCUT2D eigenvalue weighted by Gasteiger charge is 2.24. The Morgan fingerprint density at radius 1 is 1.47 bits per heavy atom. The third-order valence-corrected chi connectivity index (χ3v) is 4.59. The molecule has 0 aliphatic rings. The number of aliphatic carboxylic acids is 1. The molecule has 0 radical (unpaired) electrons. The van der Waals surface area contributed by atoms with E-state index < -0.39 is 10.8 Å². The molecule has 0 aliphatic carbocycles. The summed E-state index contributed by atoms with van der Waals surface area (Å²) in [7, 11) is 1.57. The van der Waals surface area contributed by atoms with Gasteiger partial charge in [0.25, 0.3) is 0 Å². The van der Waals surface area contributed by atoms with E-state index >= 15 is 0 Å². The molecule has 0 aromatic heterocycles. The van der Waals surface area contributed by atoms with Crippen molar-refractivity contribution >= 4 is 37.8 Å². The second-order valence-electron chi connectivity index (χ2n) is 2.92. The molecule has 1 N–H and O–H groups in total. The Labute approximate surface area is 105 Å². The molecule has 0 fully saturated rings. The third kappa shape index (κ3) is 3.21. The topological polar surface area (TPSA) is 46.5 Å². The smallest absolute Gasteiger partial charge is 0.318 e. The summed E-state index contributed by atoms with van der Waals surface area (Å²) in [5.74, 6) is -0.193. The van der Waals surface area contributed by atoms with Crippen LogP contribution in [0.5, 0.6) is 5.75 Å². The van der Waals surface area contributed by atoms with Gasteiger partial charge in [-0.3, -0.25) is 4.79 Å². The van der Waals surface area contributed by atoms with Gasteiger partial charge in [0.1, 0.15) is 10.6 Å². The predicted molar refractivity (Wildman–Crippen MR) is 65.0 cm³/mol. The molecule has 0 heterocycles. The van der Waals surface area contributed by atoms with Crippen LogP contribution in [0.15, 0.2) is 24.3 Å². The van der Waals surface area contributed by atoms with Crippen LogP contribution in [0.4, 0.5) is 0 Å². The lowest BCUT2D eigenvalue weighted by molar-refractivity contribution is -0.136. The standard InChI is InChI=1S/C10H10Br2O3/c1-15-7-4-2-3-6(5-7)8(11)9(12)10(13)14/h2-5,8-9H,1H3,(H,13,14)/t8-,9-/m1/s1. The van der Waals surface area contributed by atoms with Crippen molar-refractivity contribution in [1.82, 2.24) is 0 Å². The van der Waals surface area contributed by atoms with Gasteiger partial charge in [-0.1, -0.05) is 44.0 Å². The van der Waals surface area contributed by atoms with E-state index in [2.05, 4.69) is 31.9 Å². The van der Waals surface area contributed by atoms with Crippen molar-refractivity contribution in [3.8, 4) is 5.75 Å². The molecule has 2 atom stereocenters. The lowest BCUT2D eigenvalue weighted by atomic mass is 10.1. The van der Waals surface area contributed by atoms with Gasteiger partial charge in [0, 0.05) is 0 Å². The summed E-state index contributed by atoms with van der Waals surface area (Å²) in [4.78, 5) is 9.81. The molecular weight excluding hydrogens is 328 g/mol. The molecule has 82 valence electrons. The highest BCUT2D eigenvalue weighted by Crippen LogP contribution is 2.32. The molecule has 0 bridgehead atoms. The van der Waals surface area contributed by atoms with E-state index in [1.807, 2.05) is 18.2 Å². The van der Waals surface area contributed by atoms with Crippen molar-refractivity contribution < 1.29 is 14.6 Å². The number of alkyl halides is 2. The first kappa shape index (κ1) is 12.5. The van der Waals surface area contributed by atoms with Crippen LogP contribution < -0.4 is 4.74 Å². The van der Waals surface area contributed by atoms with Crippen molar-refractivity contribution in [2.45, 2.75) is 9.65 Å². The second kappa shape index (κ2) is 5.51. The molecule has 15 heavy (non-hydrogen) atoms. The summed E-state index contributed by atoms with van der Waals surface area (Å²) >= 11 is 6.44. The number of carboxylic acid groups (broad SMARTS) is 1. The molecule has 0 spiro atoms. The van der Waals surface area contributed by atoms with Crippen LogP contribution in [0.25, 0.3) is 0 Å². The fourth-order valence-corrected chi connectivity index (χ4v) is 1.92. The van der Waals surface area contributed by atoms with Crippen LogP contribution in [-0.2, 0) is 4.79 Å². The number of carboxylic acids is 1. The van der Waals surface area contributed by atoms with E-state index in [1.165, 1.54) is 0 Å². The zero-order valence-electron chi connectivity index (χ0n) is 7.98. The average molecular weight is 338 g/mol. The van der Waals surface area contributed by atoms with Crippen LogP contribution in [0.1, 0.15) is 10.4 Å². The Balaban J connectivity index is 2.90. The Kier molecular flexibility index (Phi) is 4.60. The predicted octanol–water partition coefficient (Wildman–Crippen LogP) is 2.98. The highest BCUT2D eigenvalue weighted by molar-refractivity contribution is 9.12. The largest absolute Gasteiger partial charge is 0.497 e. The number of halogens is 2. The van der Waals surface area contributed by atoms with Crippen molar-refractivity contribution in [1.29, 1.82) is 0 Å². The van der Waals surface area contributed by atoms with Gasteiger partial charge in [-0.2, -0.15) is 0 Å². The maximum Gasteiger partial charge on any atom is 0.318 e. The molecular formula is C10H10Br2O3. The molecule has 5 heteroatoms. The summed E-state index contributed by atoms with van der Waals surface area (Å²) in [5, 5.41) is 8.83. The maximum atomic E-state index is 10.8. The first-order valence-electron chi connectivity index (χ1n) is 4.21. The zero-order valence-corrected chi connectivity index (χ0v) is 11.2. The number of benzene rings is 1. The van der Waals surface area contributed by atoms with Crippen LogP contribution in [-0.4, -0.2) is 23.0 Å². The molecule has 0 saturated carbocycles. The quantitative estimate of drug-likeness (QED) is 0.859. The van der Waals surface area contributed by atoms with Crippen molar-refractivity contribution in [2.24, 2.45) is 0 Å². The summed E-state index contributed by atoms with van der Waals surface area (Å²) in [6.45, 7) is 0. The summed E-state index contributed by atoms with van der Waals surface area (Å²) in [5.41, 5.74) is 0.860. The number of rotatable bonds is 4. The fourth-order valence-electron chi connectivity index (χ4n) is 1.11. The summed E-state index contributed by atoms with van der Waals surface area (Å²) in [6, 6.07) is 7.28. The van der Waals surface area contributed by atoms with Crippen molar-refractivity contribution in [3.05, 3.63) is 29.8 Å². The van der Waals surface area contributed by atoms with E-state index in [-0.39, 0.29) is 4.83 Å². The first-order chi connectivity index (χ1) is 7.06. The van der Waals surface area contributed by atoms with Gasteiger partial charge in [0.2, 0.25) is 0 Å². The SMILES string of the molecule is COc1cccc([C@@H](Br)[C@@H](Br)C(=O)O)c1. The van der Waals surface area contributed by atoms with Gasteiger partial charge in [-0.15, -0.1) is 0 Å². The Morgan fingerprint density at radius 3 is 2.67 bits per heavy atom. The zero-order chi connectivity index (χ0) is 11.4. The molecule has 1 aromatic carbocycles. The van der Waals surface area contributed by atoms with E-state index in [9.17, 15) is 4.79 Å². The molecule has 0 amide bonds. The summed E-state index contributed by atoms with van der Waals surface area (Å²) in [6.07, 6.45) is 0. The fraction of sp³-hybridized carbons (Fsp3) is 0.300. The molecule has 1 aromatic rings. The van der Waals surface area contributed by atoms with Crippen LogP contribution in [0.3, 0.4) is 0 Å². The Bertz CT molecular complexity index is 354. The van der Waals surface area contributed by atoms with Crippen LogP contribution >= 0.6 is 31.9 Å². The Hall–Kier alpha value is -0.550. The number of methoxy groups -OCH3 is 1. The van der Waals surface area contributed by atoms with Gasteiger partial charge >= 0.3 is 5.97 Å². The number of carbonyl (C=O) groups is 1. The van der Waals surface area contributed by atoms with E-state index in [0.717, 1.165) is 5.56 Å². The van der Waals surface area contributed by atoms with Crippen molar-refractivity contribution in [3.63, 3.8) is 0 Å². The van der Waals surface area contributed by atoms with E-state index in [0.29, 0.717) is 5.75 Å². The minimum Gasteiger partial charge on any atom is -0.497 e. The first-order valence-corrected chi connectivity index (χ1v) is 6.04. The van der Waals surface area contributed by atoms with Crippen LogP contribution in [0, 0.1) is 0 Å². The summed E-state index contributed by atoms with van der Waals surface area (Å²) < 4.78 is 5.06. The minimum atomic E-state index is -0.903. The normalized spacial score (nSPS) is 14.3. The average Bonchev–Trinajstić information content (AvgIpc) is 2.27. The van der Waals surface area contributed by atoms with Gasteiger partial charge in [0.05, 0.1) is 11.9 Å². The van der Waals surface area contributed by atoms with Crippen LogP contribution in [0.2, 0.25) is 0 Å². The molecule has 0 saturated heterocycles. The number of ether oxygens (including phenoxy) is 1. The van der Waals surface area contributed by atoms with Gasteiger partial charge in [-0.25, -0.2) is 0 Å². The number of hydrogen-bond acceptors (Lipinski definition) is 2. The lowest BCUT2D eigenvalue weighted by Crippen LogP contribution is -2.17. The monoisotopic (exact) mass is 336 g/mol. The third-order valence-electron chi connectivity index (χ3n) is 1.91. The minimum absolute atomic E-state index is 0.287. The van der Waals surface area contributed by atoms with E-state index in [1.54, 1.807) is 13.2 Å². The number of hydrogen-bond donors (Lipinski definition) is 1. The molecule has 1 rings (SSSR count). The van der Waals surface area contributed by atoms with Crippen molar-refractivity contribution in [2.75, 3.05) is 7.11 Å². The molecule has 3 nitrogen and oxygen atoms in total. The Morgan fingerprint density at radius 2 is 2.13 bits per heavy atom.